The number of aliphatic hydroxyl groups is 1. The van der Waals surface area contributed by atoms with Crippen LogP contribution < -0.4 is 10.2 Å². The Morgan fingerprint density at radius 1 is 1.38 bits per heavy atom. The summed E-state index contributed by atoms with van der Waals surface area (Å²) in [5, 5.41) is 13.4. The first-order valence-corrected chi connectivity index (χ1v) is 8.10. The minimum Gasteiger partial charge on any atom is -0.389 e. The van der Waals surface area contributed by atoms with Crippen molar-refractivity contribution in [3.8, 4) is 0 Å². The molecule has 21 heavy (non-hydrogen) atoms. The van der Waals surface area contributed by atoms with Gasteiger partial charge in [-0.2, -0.15) is 0 Å². The second-order valence-electron chi connectivity index (χ2n) is 5.79. The lowest BCUT2D eigenvalue weighted by Gasteiger charge is -2.25. The molecule has 1 atom stereocenters. The first-order chi connectivity index (χ1) is 9.93. The predicted octanol–water partition coefficient (Wildman–Crippen LogP) is 2.64. The SMILES string of the molecule is COCC(O)CN(C)c1ccc(Br)cc1CNCC(C)C. The summed E-state index contributed by atoms with van der Waals surface area (Å²) in [4.78, 5) is 2.07. The molecule has 0 aliphatic carbocycles. The van der Waals surface area contributed by atoms with Gasteiger partial charge in [-0.15, -0.1) is 0 Å². The molecule has 1 aromatic carbocycles. The molecular formula is C16H27BrN2O2. The summed E-state index contributed by atoms with van der Waals surface area (Å²) in [6, 6.07) is 6.23. The molecule has 4 nitrogen and oxygen atoms in total. The third-order valence-electron chi connectivity index (χ3n) is 3.16. The summed E-state index contributed by atoms with van der Waals surface area (Å²) in [5.41, 5.74) is 2.35. The van der Waals surface area contributed by atoms with Crippen molar-refractivity contribution in [3.05, 3.63) is 28.2 Å². The van der Waals surface area contributed by atoms with Gasteiger partial charge in [0.2, 0.25) is 0 Å². The second kappa shape index (κ2) is 9.41. The van der Waals surface area contributed by atoms with Crippen LogP contribution in [0, 0.1) is 5.92 Å². The number of anilines is 1. The van der Waals surface area contributed by atoms with Crippen molar-refractivity contribution in [3.63, 3.8) is 0 Å². The monoisotopic (exact) mass is 358 g/mol. The van der Waals surface area contributed by atoms with Crippen LogP contribution in [-0.4, -0.2) is 45.1 Å². The van der Waals surface area contributed by atoms with E-state index in [0.717, 1.165) is 23.2 Å². The molecule has 1 aromatic rings. The highest BCUT2D eigenvalue weighted by molar-refractivity contribution is 9.10. The zero-order chi connectivity index (χ0) is 15.8. The average molecular weight is 359 g/mol. The van der Waals surface area contributed by atoms with Gasteiger partial charge in [-0.25, -0.2) is 0 Å². The number of rotatable bonds is 9. The van der Waals surface area contributed by atoms with Crippen LogP contribution in [0.2, 0.25) is 0 Å². The zero-order valence-electron chi connectivity index (χ0n) is 13.4. The smallest absolute Gasteiger partial charge is 0.0947 e. The first kappa shape index (κ1) is 18.4. The van der Waals surface area contributed by atoms with E-state index in [1.54, 1.807) is 7.11 Å². The van der Waals surface area contributed by atoms with Gasteiger partial charge < -0.3 is 20.1 Å². The molecule has 0 saturated heterocycles. The van der Waals surface area contributed by atoms with Gasteiger partial charge in [-0.1, -0.05) is 29.8 Å². The number of methoxy groups -OCH3 is 1. The van der Waals surface area contributed by atoms with Crippen molar-refractivity contribution in [2.24, 2.45) is 5.92 Å². The zero-order valence-corrected chi connectivity index (χ0v) is 15.0. The number of hydrogen-bond acceptors (Lipinski definition) is 4. The topological polar surface area (TPSA) is 44.7 Å². The maximum Gasteiger partial charge on any atom is 0.0947 e. The minimum atomic E-state index is -0.486. The van der Waals surface area contributed by atoms with E-state index < -0.39 is 6.10 Å². The molecule has 0 aliphatic rings. The number of ether oxygens (including phenoxy) is 1. The van der Waals surface area contributed by atoms with E-state index in [1.165, 1.54) is 5.56 Å². The largest absolute Gasteiger partial charge is 0.389 e. The molecule has 5 heteroatoms. The van der Waals surface area contributed by atoms with Crippen LogP contribution in [0.3, 0.4) is 0 Å². The number of aliphatic hydroxyl groups excluding tert-OH is 1. The predicted molar refractivity (Wildman–Crippen MR) is 91.8 cm³/mol. The molecule has 2 N–H and O–H groups in total. The number of hydrogen-bond donors (Lipinski definition) is 2. The fourth-order valence-electron chi connectivity index (χ4n) is 2.22. The fraction of sp³-hybridized carbons (Fsp3) is 0.625. The van der Waals surface area contributed by atoms with Gasteiger partial charge in [0, 0.05) is 37.4 Å². The molecule has 1 rings (SSSR count). The van der Waals surface area contributed by atoms with Crippen molar-refractivity contribution < 1.29 is 9.84 Å². The Hall–Kier alpha value is -0.620. The van der Waals surface area contributed by atoms with Crippen molar-refractivity contribution >= 4 is 21.6 Å². The average Bonchev–Trinajstić information content (AvgIpc) is 2.38. The van der Waals surface area contributed by atoms with E-state index in [0.29, 0.717) is 19.1 Å². The molecule has 0 radical (unpaired) electrons. The van der Waals surface area contributed by atoms with E-state index >= 15 is 0 Å². The molecule has 0 amide bonds. The summed E-state index contributed by atoms with van der Waals surface area (Å²) in [6.07, 6.45) is -0.486. The Morgan fingerprint density at radius 2 is 2.10 bits per heavy atom. The van der Waals surface area contributed by atoms with Gasteiger partial charge >= 0.3 is 0 Å². The van der Waals surface area contributed by atoms with Gasteiger partial charge in [0.25, 0.3) is 0 Å². The summed E-state index contributed by atoms with van der Waals surface area (Å²) in [7, 11) is 3.60. The molecule has 0 spiro atoms. The maximum atomic E-state index is 9.88. The Kier molecular flexibility index (Phi) is 8.26. The number of benzene rings is 1. The lowest BCUT2D eigenvalue weighted by atomic mass is 10.1. The maximum absolute atomic E-state index is 9.88. The molecular weight excluding hydrogens is 332 g/mol. The van der Waals surface area contributed by atoms with Crippen molar-refractivity contribution in [1.29, 1.82) is 0 Å². The van der Waals surface area contributed by atoms with Gasteiger partial charge in [-0.3, -0.25) is 0 Å². The third kappa shape index (κ3) is 6.78. The first-order valence-electron chi connectivity index (χ1n) is 7.31. The van der Waals surface area contributed by atoms with Crippen LogP contribution in [0.15, 0.2) is 22.7 Å². The van der Waals surface area contributed by atoms with Gasteiger partial charge in [0.1, 0.15) is 0 Å². The van der Waals surface area contributed by atoms with E-state index in [-0.39, 0.29) is 0 Å². The fourth-order valence-corrected chi connectivity index (χ4v) is 2.63. The second-order valence-corrected chi connectivity index (χ2v) is 6.70. The van der Waals surface area contributed by atoms with Crippen LogP contribution in [0.1, 0.15) is 19.4 Å². The lowest BCUT2D eigenvalue weighted by molar-refractivity contribution is 0.0695. The number of halogens is 1. The Balaban J connectivity index is 2.75. The number of nitrogens with one attached hydrogen (secondary N) is 1. The van der Waals surface area contributed by atoms with Crippen LogP contribution in [0.5, 0.6) is 0 Å². The molecule has 0 saturated carbocycles. The standard InChI is InChI=1S/C16H27BrN2O2/c1-12(2)8-18-9-13-7-14(17)5-6-16(13)19(3)10-15(20)11-21-4/h5-7,12,15,18,20H,8-11H2,1-4H3. The summed E-state index contributed by atoms with van der Waals surface area (Å²) >= 11 is 3.53. The Bertz CT molecular complexity index is 427. The normalized spacial score (nSPS) is 12.7. The van der Waals surface area contributed by atoms with Crippen LogP contribution in [0.25, 0.3) is 0 Å². The number of likely N-dealkylation sites (N-methyl/N-ethyl adjacent to an activating group) is 1. The quantitative estimate of drug-likeness (QED) is 0.712. The lowest BCUT2D eigenvalue weighted by Crippen LogP contribution is -2.33. The molecule has 120 valence electrons. The molecule has 0 fully saturated rings. The summed E-state index contributed by atoms with van der Waals surface area (Å²) < 4.78 is 6.05. The highest BCUT2D eigenvalue weighted by Gasteiger charge is 2.12. The van der Waals surface area contributed by atoms with Crippen LogP contribution in [0.4, 0.5) is 5.69 Å². The number of nitrogens with zero attached hydrogens (tertiary/aromatic N) is 1. The minimum absolute atomic E-state index is 0.349. The highest BCUT2D eigenvalue weighted by atomic mass is 79.9. The van der Waals surface area contributed by atoms with Crippen molar-refractivity contribution in [2.75, 3.05) is 38.8 Å². The summed E-state index contributed by atoms with van der Waals surface area (Å²) in [6.45, 7) is 7.10. The Morgan fingerprint density at radius 3 is 2.71 bits per heavy atom. The molecule has 0 aliphatic heterocycles. The Labute approximate surface area is 136 Å². The van der Waals surface area contributed by atoms with Crippen LogP contribution >= 0.6 is 15.9 Å². The van der Waals surface area contributed by atoms with Gasteiger partial charge in [-0.05, 0) is 36.2 Å². The van der Waals surface area contributed by atoms with E-state index in [4.69, 9.17) is 4.74 Å². The van der Waals surface area contributed by atoms with E-state index in [2.05, 4.69) is 52.1 Å². The van der Waals surface area contributed by atoms with Crippen LogP contribution in [-0.2, 0) is 11.3 Å². The molecule has 0 bridgehead atoms. The molecule has 0 aromatic heterocycles. The van der Waals surface area contributed by atoms with Crippen molar-refractivity contribution in [2.45, 2.75) is 26.5 Å². The highest BCUT2D eigenvalue weighted by Crippen LogP contribution is 2.24. The van der Waals surface area contributed by atoms with Gasteiger partial charge in [0.05, 0.1) is 12.7 Å². The van der Waals surface area contributed by atoms with E-state index in [1.807, 2.05) is 13.1 Å². The van der Waals surface area contributed by atoms with E-state index in [9.17, 15) is 5.11 Å². The van der Waals surface area contributed by atoms with Crippen molar-refractivity contribution in [1.82, 2.24) is 5.32 Å². The third-order valence-corrected chi connectivity index (χ3v) is 3.66. The van der Waals surface area contributed by atoms with Gasteiger partial charge in [0.15, 0.2) is 0 Å². The molecule has 1 unspecified atom stereocenters. The molecule has 0 heterocycles. The summed E-state index contributed by atoms with van der Waals surface area (Å²) in [5.74, 6) is 0.627.